The Labute approximate surface area is 120 Å². The van der Waals surface area contributed by atoms with E-state index in [9.17, 15) is 0 Å². The second kappa shape index (κ2) is 5.48. The Morgan fingerprint density at radius 2 is 2.06 bits per heavy atom. The van der Waals surface area contributed by atoms with E-state index in [2.05, 4.69) is 76.6 Å². The number of rotatable bonds is 2. The maximum Gasteiger partial charge on any atom is 0.206 e. The van der Waals surface area contributed by atoms with Gasteiger partial charge in [0.1, 0.15) is 0 Å². The molecule has 1 heterocycles. The lowest BCUT2D eigenvalue weighted by molar-refractivity contribution is 0.530. The topological polar surface area (TPSA) is 36.4 Å². The molecule has 0 aliphatic carbocycles. The van der Waals surface area contributed by atoms with E-state index in [1.54, 1.807) is 11.9 Å². The van der Waals surface area contributed by atoms with Crippen LogP contribution in [0.3, 0.4) is 0 Å². The molecule has 0 fully saturated rings. The van der Waals surface area contributed by atoms with Gasteiger partial charge in [0, 0.05) is 3.57 Å². The fraction of sp³-hybridized carbons (Fsp3) is 0.417. The van der Waals surface area contributed by atoms with Crippen molar-refractivity contribution in [1.82, 2.24) is 4.72 Å². The van der Waals surface area contributed by atoms with Crippen molar-refractivity contribution in [3.63, 3.8) is 0 Å². The molecule has 3 nitrogen and oxygen atoms in total. The number of aliphatic imine (C=N–C) groups is 1. The predicted octanol–water partition coefficient (Wildman–Crippen LogP) is 3.71. The molecule has 1 atom stereocenters. The van der Waals surface area contributed by atoms with Gasteiger partial charge in [-0.25, -0.2) is 4.99 Å². The summed E-state index contributed by atoms with van der Waals surface area (Å²) in [7, 11) is 0. The molecule has 92 valence electrons. The molecule has 0 saturated heterocycles. The van der Waals surface area contributed by atoms with Gasteiger partial charge in [-0.3, -0.25) is 4.72 Å². The minimum Gasteiger partial charge on any atom is -0.325 e. The summed E-state index contributed by atoms with van der Waals surface area (Å²) in [6.45, 7) is 6.50. The number of hydrogen-bond donors (Lipinski definition) is 2. The highest BCUT2D eigenvalue weighted by Gasteiger charge is 2.15. The van der Waals surface area contributed by atoms with Crippen LogP contribution in [-0.2, 0) is 0 Å². The van der Waals surface area contributed by atoms with E-state index in [-0.39, 0.29) is 0 Å². The molecule has 1 aromatic carbocycles. The Bertz CT molecular complexity index is 445. The fourth-order valence-corrected chi connectivity index (χ4v) is 2.78. The molecular weight excluding hydrogens is 345 g/mol. The highest BCUT2D eigenvalue weighted by atomic mass is 127. The Morgan fingerprint density at radius 1 is 1.29 bits per heavy atom. The number of nitrogens with zero attached hydrogens (tertiary/aromatic N) is 1. The Hall–Kier alpha value is -0.430. The Balaban J connectivity index is 2.16. The van der Waals surface area contributed by atoms with Gasteiger partial charge in [-0.15, -0.1) is 0 Å². The molecule has 1 unspecified atom stereocenters. The minimum atomic E-state index is 0.316. The molecular formula is C12H16IN3S. The normalized spacial score (nSPS) is 18.5. The lowest BCUT2D eigenvalue weighted by Gasteiger charge is -2.22. The average molecular weight is 361 g/mol. The van der Waals surface area contributed by atoms with Crippen LogP contribution in [0.5, 0.6) is 0 Å². The van der Waals surface area contributed by atoms with Crippen LogP contribution in [0.4, 0.5) is 5.69 Å². The molecule has 1 aromatic rings. The molecule has 2 rings (SSSR count). The van der Waals surface area contributed by atoms with Gasteiger partial charge < -0.3 is 5.32 Å². The van der Waals surface area contributed by atoms with Gasteiger partial charge in [-0.1, -0.05) is 13.8 Å². The quantitative estimate of drug-likeness (QED) is 0.623. The van der Waals surface area contributed by atoms with Gasteiger partial charge >= 0.3 is 0 Å². The van der Waals surface area contributed by atoms with Gasteiger partial charge in [0.2, 0.25) is 5.96 Å². The van der Waals surface area contributed by atoms with Crippen molar-refractivity contribution in [3.05, 3.63) is 21.8 Å². The summed E-state index contributed by atoms with van der Waals surface area (Å²) in [4.78, 5) is 5.84. The summed E-state index contributed by atoms with van der Waals surface area (Å²) in [5, 5.41) is 3.32. The van der Waals surface area contributed by atoms with E-state index in [4.69, 9.17) is 0 Å². The maximum absolute atomic E-state index is 4.63. The number of anilines is 1. The van der Waals surface area contributed by atoms with Gasteiger partial charge in [-0.2, -0.15) is 0 Å². The molecule has 17 heavy (non-hydrogen) atoms. The summed E-state index contributed by atoms with van der Waals surface area (Å²) >= 11 is 3.94. The first kappa shape index (κ1) is 13.0. The molecule has 0 radical (unpaired) electrons. The zero-order chi connectivity index (χ0) is 12.4. The van der Waals surface area contributed by atoms with Crippen LogP contribution in [-0.4, -0.2) is 12.0 Å². The van der Waals surface area contributed by atoms with E-state index in [1.165, 1.54) is 8.47 Å². The van der Waals surface area contributed by atoms with E-state index in [0.717, 1.165) is 11.6 Å². The SMILES string of the molecule is CC(C)C(C)N=C1NSc2cc(I)ccc2N1. The van der Waals surface area contributed by atoms with E-state index in [0.29, 0.717) is 12.0 Å². The van der Waals surface area contributed by atoms with Crippen molar-refractivity contribution >= 4 is 46.2 Å². The monoisotopic (exact) mass is 361 g/mol. The van der Waals surface area contributed by atoms with E-state index < -0.39 is 0 Å². The number of hydrogen-bond acceptors (Lipinski definition) is 2. The number of fused-ring (bicyclic) bond motifs is 1. The van der Waals surface area contributed by atoms with Crippen molar-refractivity contribution in [2.24, 2.45) is 10.9 Å². The van der Waals surface area contributed by atoms with Crippen LogP contribution in [0.1, 0.15) is 20.8 Å². The first-order valence-electron chi connectivity index (χ1n) is 5.63. The summed E-state index contributed by atoms with van der Waals surface area (Å²) in [6.07, 6.45) is 0. The molecule has 0 saturated carbocycles. The summed E-state index contributed by atoms with van der Waals surface area (Å²) < 4.78 is 4.48. The lowest BCUT2D eigenvalue weighted by Crippen LogP contribution is -2.31. The third-order valence-corrected chi connectivity index (χ3v) is 4.28. The highest BCUT2D eigenvalue weighted by molar-refractivity contribution is 14.1. The highest BCUT2D eigenvalue weighted by Crippen LogP contribution is 2.30. The molecule has 2 N–H and O–H groups in total. The van der Waals surface area contributed by atoms with E-state index >= 15 is 0 Å². The second-order valence-corrected chi connectivity index (χ2v) is 6.53. The molecule has 0 spiro atoms. The van der Waals surface area contributed by atoms with Gasteiger partial charge in [0.25, 0.3) is 0 Å². The lowest BCUT2D eigenvalue weighted by atomic mass is 10.1. The van der Waals surface area contributed by atoms with E-state index in [1.807, 2.05) is 0 Å². The zero-order valence-electron chi connectivity index (χ0n) is 10.1. The van der Waals surface area contributed by atoms with Crippen molar-refractivity contribution in [1.29, 1.82) is 0 Å². The number of benzene rings is 1. The first-order valence-corrected chi connectivity index (χ1v) is 7.53. The zero-order valence-corrected chi connectivity index (χ0v) is 13.1. The maximum atomic E-state index is 4.63. The van der Waals surface area contributed by atoms with Crippen LogP contribution in [0.15, 0.2) is 28.1 Å². The third-order valence-electron chi connectivity index (χ3n) is 2.75. The van der Waals surface area contributed by atoms with Gasteiger partial charge in [0.05, 0.1) is 16.6 Å². The van der Waals surface area contributed by atoms with Crippen molar-refractivity contribution in [2.75, 3.05) is 5.32 Å². The molecule has 1 aliphatic heterocycles. The number of guanidine groups is 1. The summed E-state index contributed by atoms with van der Waals surface area (Å²) in [5.41, 5.74) is 1.13. The largest absolute Gasteiger partial charge is 0.325 e. The smallest absolute Gasteiger partial charge is 0.206 e. The molecule has 0 aromatic heterocycles. The fourth-order valence-electron chi connectivity index (χ4n) is 1.35. The second-order valence-electron chi connectivity index (χ2n) is 4.43. The standard InChI is InChI=1S/C12H16IN3S/c1-7(2)8(3)14-12-15-10-5-4-9(13)6-11(10)17-16-12/h4-8H,1-3H3,(H2,14,15,16). The van der Waals surface area contributed by atoms with Crippen LogP contribution in [0.25, 0.3) is 0 Å². The predicted molar refractivity (Wildman–Crippen MR) is 83.5 cm³/mol. The van der Waals surface area contributed by atoms with Crippen LogP contribution in [0, 0.1) is 9.49 Å². The van der Waals surface area contributed by atoms with Crippen LogP contribution < -0.4 is 10.0 Å². The Kier molecular flexibility index (Phi) is 4.19. The number of nitrogens with one attached hydrogen (secondary N) is 2. The average Bonchev–Trinajstić information content (AvgIpc) is 2.29. The number of halogens is 1. The van der Waals surface area contributed by atoms with Crippen molar-refractivity contribution < 1.29 is 0 Å². The molecule has 1 aliphatic rings. The summed E-state index contributed by atoms with van der Waals surface area (Å²) in [6, 6.07) is 6.67. The molecule has 5 heteroatoms. The van der Waals surface area contributed by atoms with Gasteiger partial charge in [0.15, 0.2) is 0 Å². The summed E-state index contributed by atoms with van der Waals surface area (Å²) in [5.74, 6) is 1.40. The minimum absolute atomic E-state index is 0.316. The van der Waals surface area contributed by atoms with Crippen molar-refractivity contribution in [3.8, 4) is 0 Å². The van der Waals surface area contributed by atoms with Crippen LogP contribution >= 0.6 is 34.5 Å². The Morgan fingerprint density at radius 3 is 2.76 bits per heavy atom. The van der Waals surface area contributed by atoms with Crippen LogP contribution in [0.2, 0.25) is 0 Å². The third kappa shape index (κ3) is 3.28. The molecule has 0 bridgehead atoms. The van der Waals surface area contributed by atoms with Crippen molar-refractivity contribution in [2.45, 2.75) is 31.7 Å². The first-order chi connectivity index (χ1) is 8.06. The van der Waals surface area contributed by atoms with Gasteiger partial charge in [-0.05, 0) is 65.6 Å². The molecule has 0 amide bonds.